The Morgan fingerprint density at radius 1 is 1.25 bits per heavy atom. The van der Waals surface area contributed by atoms with Crippen LogP contribution in [0.1, 0.15) is 37.8 Å². The van der Waals surface area contributed by atoms with Crippen molar-refractivity contribution in [3.05, 3.63) is 35.4 Å². The van der Waals surface area contributed by atoms with Crippen molar-refractivity contribution in [2.45, 2.75) is 45.2 Å². The van der Waals surface area contributed by atoms with E-state index in [0.717, 1.165) is 24.0 Å². The molecule has 0 aromatic heterocycles. The number of esters is 1. The van der Waals surface area contributed by atoms with Crippen LogP contribution in [-0.4, -0.2) is 30.3 Å². The van der Waals surface area contributed by atoms with Gasteiger partial charge in [-0.25, -0.2) is 0 Å². The molecule has 112 valence electrons. The third-order valence-electron chi connectivity index (χ3n) is 3.99. The number of carbonyl (C=O) groups excluding carboxylic acids is 1. The van der Waals surface area contributed by atoms with Crippen molar-refractivity contribution >= 4 is 5.97 Å². The van der Waals surface area contributed by atoms with Gasteiger partial charge in [0.1, 0.15) is 0 Å². The predicted molar refractivity (Wildman–Crippen MR) is 79.4 cm³/mol. The zero-order chi connectivity index (χ0) is 15.0. The number of aliphatic hydroxyl groups is 1. The number of benzene rings is 1. The molecule has 2 N–H and O–H groups in total. The number of carbonyl (C=O) groups is 1. The molecule has 0 spiro atoms. The molecule has 0 fully saturated rings. The molecule has 0 amide bonds. The van der Waals surface area contributed by atoms with Gasteiger partial charge in [0.2, 0.25) is 0 Å². The van der Waals surface area contributed by atoms with Gasteiger partial charge >= 0.3 is 5.97 Å². The van der Waals surface area contributed by atoms with Crippen molar-refractivity contribution in [2.75, 3.05) is 13.7 Å². The topological polar surface area (TPSA) is 58.6 Å². The molecule has 0 aliphatic heterocycles. The lowest BCUT2D eigenvalue weighted by Gasteiger charge is -2.31. The molecule has 0 saturated carbocycles. The zero-order valence-electron chi connectivity index (χ0n) is 12.6. The summed E-state index contributed by atoms with van der Waals surface area (Å²) in [5.74, 6) is -0.239. The SMILES string of the molecule is CCC(CC)(CO)NCc1ccccc1CC(=O)OC. The number of hydrogen-bond acceptors (Lipinski definition) is 4. The van der Waals surface area contributed by atoms with Gasteiger partial charge in [0.05, 0.1) is 20.1 Å². The predicted octanol–water partition coefficient (Wildman–Crippen LogP) is 2.04. The molecule has 0 radical (unpaired) electrons. The number of nitrogens with one attached hydrogen (secondary N) is 1. The van der Waals surface area contributed by atoms with Gasteiger partial charge in [-0.15, -0.1) is 0 Å². The van der Waals surface area contributed by atoms with E-state index >= 15 is 0 Å². The molecule has 0 unspecified atom stereocenters. The van der Waals surface area contributed by atoms with Crippen molar-refractivity contribution < 1.29 is 14.6 Å². The second kappa shape index (κ2) is 8.02. The average Bonchev–Trinajstić information content (AvgIpc) is 2.50. The van der Waals surface area contributed by atoms with E-state index in [1.807, 2.05) is 24.3 Å². The highest BCUT2D eigenvalue weighted by Crippen LogP contribution is 2.17. The van der Waals surface area contributed by atoms with Crippen LogP contribution in [-0.2, 0) is 22.5 Å². The molecule has 0 aliphatic carbocycles. The molecule has 20 heavy (non-hydrogen) atoms. The van der Waals surface area contributed by atoms with E-state index in [1.165, 1.54) is 7.11 Å². The lowest BCUT2D eigenvalue weighted by Crippen LogP contribution is -2.47. The lowest BCUT2D eigenvalue weighted by atomic mass is 9.93. The van der Waals surface area contributed by atoms with Gasteiger partial charge < -0.3 is 15.2 Å². The Labute approximate surface area is 121 Å². The summed E-state index contributed by atoms with van der Waals surface area (Å²) in [4.78, 5) is 11.4. The summed E-state index contributed by atoms with van der Waals surface area (Å²) in [7, 11) is 1.40. The highest BCUT2D eigenvalue weighted by Gasteiger charge is 2.24. The Balaban J connectivity index is 2.79. The molecule has 4 nitrogen and oxygen atoms in total. The van der Waals surface area contributed by atoms with Gasteiger partial charge in [-0.3, -0.25) is 4.79 Å². The first-order chi connectivity index (χ1) is 9.60. The maximum absolute atomic E-state index is 11.4. The van der Waals surface area contributed by atoms with E-state index < -0.39 is 0 Å². The lowest BCUT2D eigenvalue weighted by molar-refractivity contribution is -0.139. The molecular weight excluding hydrogens is 254 g/mol. The highest BCUT2D eigenvalue weighted by molar-refractivity contribution is 5.72. The summed E-state index contributed by atoms with van der Waals surface area (Å²) in [6, 6.07) is 7.81. The summed E-state index contributed by atoms with van der Waals surface area (Å²) in [5.41, 5.74) is 1.78. The second-order valence-electron chi connectivity index (χ2n) is 5.02. The normalized spacial score (nSPS) is 11.4. The molecule has 0 aliphatic rings. The summed E-state index contributed by atoms with van der Waals surface area (Å²) >= 11 is 0. The maximum Gasteiger partial charge on any atom is 0.309 e. The van der Waals surface area contributed by atoms with E-state index in [2.05, 4.69) is 19.2 Å². The van der Waals surface area contributed by atoms with E-state index in [1.54, 1.807) is 0 Å². The van der Waals surface area contributed by atoms with Gasteiger partial charge in [0.15, 0.2) is 0 Å². The quantitative estimate of drug-likeness (QED) is 0.715. The molecule has 1 aromatic carbocycles. The van der Waals surface area contributed by atoms with E-state index in [4.69, 9.17) is 4.74 Å². The van der Waals surface area contributed by atoms with Gasteiger partial charge in [-0.1, -0.05) is 38.1 Å². The van der Waals surface area contributed by atoms with E-state index in [0.29, 0.717) is 6.54 Å². The Hall–Kier alpha value is -1.39. The fourth-order valence-corrected chi connectivity index (χ4v) is 2.19. The van der Waals surface area contributed by atoms with Crippen LogP contribution in [0.15, 0.2) is 24.3 Å². The largest absolute Gasteiger partial charge is 0.469 e. The van der Waals surface area contributed by atoms with Gasteiger partial charge in [-0.05, 0) is 24.0 Å². The number of ether oxygens (including phenoxy) is 1. The third-order valence-corrected chi connectivity index (χ3v) is 3.99. The summed E-state index contributed by atoms with van der Waals surface area (Å²) in [6.07, 6.45) is 2.00. The van der Waals surface area contributed by atoms with Crippen LogP contribution in [0.4, 0.5) is 0 Å². The Kier molecular flexibility index (Phi) is 6.68. The Morgan fingerprint density at radius 3 is 2.35 bits per heavy atom. The smallest absolute Gasteiger partial charge is 0.309 e. The fourth-order valence-electron chi connectivity index (χ4n) is 2.19. The average molecular weight is 279 g/mol. The summed E-state index contributed by atoms with van der Waals surface area (Å²) in [6.45, 7) is 4.87. The van der Waals surface area contributed by atoms with E-state index in [-0.39, 0.29) is 24.5 Å². The van der Waals surface area contributed by atoms with Crippen LogP contribution in [0.2, 0.25) is 0 Å². The minimum atomic E-state index is -0.252. The third kappa shape index (κ3) is 4.32. The van der Waals surface area contributed by atoms with Gasteiger partial charge in [-0.2, -0.15) is 0 Å². The molecule has 0 bridgehead atoms. The second-order valence-corrected chi connectivity index (χ2v) is 5.02. The molecule has 1 rings (SSSR count). The Morgan fingerprint density at radius 2 is 1.85 bits per heavy atom. The maximum atomic E-state index is 11.4. The van der Waals surface area contributed by atoms with Crippen LogP contribution in [0.5, 0.6) is 0 Å². The van der Waals surface area contributed by atoms with Gasteiger partial charge in [0.25, 0.3) is 0 Å². The molecule has 4 heteroatoms. The Bertz CT molecular complexity index is 419. The van der Waals surface area contributed by atoms with Crippen molar-refractivity contribution in [2.24, 2.45) is 0 Å². The zero-order valence-corrected chi connectivity index (χ0v) is 12.6. The molecular formula is C16H25NO3. The van der Waals surface area contributed by atoms with Gasteiger partial charge in [0, 0.05) is 12.1 Å². The van der Waals surface area contributed by atoms with E-state index in [9.17, 15) is 9.90 Å². The highest BCUT2D eigenvalue weighted by atomic mass is 16.5. The summed E-state index contributed by atoms with van der Waals surface area (Å²) < 4.78 is 4.72. The van der Waals surface area contributed by atoms with Crippen LogP contribution in [0.25, 0.3) is 0 Å². The van der Waals surface area contributed by atoms with Crippen molar-refractivity contribution in [1.29, 1.82) is 0 Å². The summed E-state index contributed by atoms with van der Waals surface area (Å²) in [5, 5.41) is 13.0. The minimum Gasteiger partial charge on any atom is -0.469 e. The first kappa shape index (κ1) is 16.7. The van der Waals surface area contributed by atoms with Crippen molar-refractivity contribution in [1.82, 2.24) is 5.32 Å². The van der Waals surface area contributed by atoms with Crippen molar-refractivity contribution in [3.8, 4) is 0 Å². The molecule has 0 saturated heterocycles. The number of rotatable bonds is 8. The molecule has 0 atom stereocenters. The minimum absolute atomic E-state index is 0.110. The van der Waals surface area contributed by atoms with Crippen molar-refractivity contribution in [3.63, 3.8) is 0 Å². The van der Waals surface area contributed by atoms with Crippen LogP contribution in [0, 0.1) is 0 Å². The van der Waals surface area contributed by atoms with Crippen LogP contribution in [0.3, 0.4) is 0 Å². The number of methoxy groups -OCH3 is 1. The standard InChI is InChI=1S/C16H25NO3/c1-4-16(5-2,12-18)17-11-14-9-7-6-8-13(14)10-15(19)20-3/h6-9,17-18H,4-5,10-12H2,1-3H3. The van der Waals surface area contributed by atoms with Crippen LogP contribution >= 0.6 is 0 Å². The first-order valence-corrected chi connectivity index (χ1v) is 7.10. The fraction of sp³-hybridized carbons (Fsp3) is 0.562. The number of aliphatic hydroxyl groups excluding tert-OH is 1. The number of hydrogen-bond donors (Lipinski definition) is 2. The molecule has 1 aromatic rings. The monoisotopic (exact) mass is 279 g/mol. The van der Waals surface area contributed by atoms with Crippen LogP contribution < -0.4 is 5.32 Å². The first-order valence-electron chi connectivity index (χ1n) is 7.10. The molecule has 0 heterocycles.